The van der Waals surface area contributed by atoms with Gasteiger partial charge in [0.05, 0.1) is 25.7 Å². The van der Waals surface area contributed by atoms with E-state index in [0.29, 0.717) is 5.92 Å². The molecule has 0 radical (unpaired) electrons. The van der Waals surface area contributed by atoms with E-state index >= 15 is 0 Å². The molecule has 0 aromatic rings. The number of morpholine rings is 1. The Morgan fingerprint density at radius 3 is 2.33 bits per heavy atom. The monoisotopic (exact) mass is 298 g/mol. The van der Waals surface area contributed by atoms with Crippen molar-refractivity contribution in [2.75, 3.05) is 45.9 Å². The Kier molecular flexibility index (Phi) is 5.96. The van der Waals surface area contributed by atoms with Crippen molar-refractivity contribution in [2.24, 2.45) is 17.4 Å². The van der Waals surface area contributed by atoms with Gasteiger partial charge in [-0.2, -0.15) is 0 Å². The number of carbonyl (C=O) groups is 2. The van der Waals surface area contributed by atoms with Crippen LogP contribution in [-0.4, -0.2) is 73.6 Å². The zero-order chi connectivity index (χ0) is 15.2. The van der Waals surface area contributed by atoms with Gasteiger partial charge in [-0.3, -0.25) is 14.5 Å². The largest absolute Gasteiger partial charge is 0.379 e. The van der Waals surface area contributed by atoms with Crippen LogP contribution in [0.2, 0.25) is 0 Å². The first-order valence-electron chi connectivity index (χ1n) is 7.69. The van der Waals surface area contributed by atoms with Crippen molar-refractivity contribution in [3.63, 3.8) is 0 Å². The molecule has 2 aliphatic rings. The van der Waals surface area contributed by atoms with Gasteiger partial charge >= 0.3 is 0 Å². The molecule has 2 rings (SSSR count). The third-order valence-corrected chi connectivity index (χ3v) is 4.28. The SMILES string of the molecule is NC(=O)CC(N)C(=O)N1CCC(CN2CCOCC2)CC1. The maximum atomic E-state index is 12.1. The highest BCUT2D eigenvalue weighted by atomic mass is 16.5. The second kappa shape index (κ2) is 7.72. The van der Waals surface area contributed by atoms with Crippen LogP contribution in [0.3, 0.4) is 0 Å². The number of hydrogen-bond acceptors (Lipinski definition) is 5. The van der Waals surface area contributed by atoms with Crippen molar-refractivity contribution in [1.82, 2.24) is 9.80 Å². The van der Waals surface area contributed by atoms with E-state index in [0.717, 1.165) is 58.8 Å². The molecule has 2 heterocycles. The van der Waals surface area contributed by atoms with Gasteiger partial charge in [0.1, 0.15) is 0 Å². The molecule has 2 aliphatic heterocycles. The highest BCUT2D eigenvalue weighted by Gasteiger charge is 2.28. The Hall–Kier alpha value is -1.18. The molecule has 4 N–H and O–H groups in total. The molecule has 21 heavy (non-hydrogen) atoms. The fourth-order valence-corrected chi connectivity index (χ4v) is 3.02. The molecule has 1 atom stereocenters. The van der Waals surface area contributed by atoms with Crippen molar-refractivity contribution < 1.29 is 14.3 Å². The summed E-state index contributed by atoms with van der Waals surface area (Å²) >= 11 is 0. The molecule has 2 fully saturated rings. The predicted octanol–water partition coefficient (Wildman–Crippen LogP) is -1.24. The third kappa shape index (κ3) is 4.94. The Morgan fingerprint density at radius 2 is 1.76 bits per heavy atom. The smallest absolute Gasteiger partial charge is 0.240 e. The lowest BCUT2D eigenvalue weighted by Gasteiger charge is -2.36. The standard InChI is InChI=1S/C14H26N4O3/c15-12(9-13(16)19)14(20)18-3-1-11(2-4-18)10-17-5-7-21-8-6-17/h11-12H,1-10,15H2,(H2,16,19). The summed E-state index contributed by atoms with van der Waals surface area (Å²) in [6, 6.07) is -0.793. The van der Waals surface area contributed by atoms with Crippen LogP contribution < -0.4 is 11.5 Å². The summed E-state index contributed by atoms with van der Waals surface area (Å²) in [4.78, 5) is 27.1. The number of likely N-dealkylation sites (tertiary alicyclic amines) is 1. The quantitative estimate of drug-likeness (QED) is 0.661. The van der Waals surface area contributed by atoms with E-state index in [-0.39, 0.29) is 12.3 Å². The predicted molar refractivity (Wildman–Crippen MR) is 78.3 cm³/mol. The summed E-state index contributed by atoms with van der Waals surface area (Å²) in [5, 5.41) is 0. The molecule has 0 aromatic carbocycles. The molecule has 120 valence electrons. The first kappa shape index (κ1) is 16.2. The van der Waals surface area contributed by atoms with Crippen molar-refractivity contribution in [1.29, 1.82) is 0 Å². The molecule has 0 spiro atoms. The van der Waals surface area contributed by atoms with Crippen LogP contribution in [0.1, 0.15) is 19.3 Å². The second-order valence-electron chi connectivity index (χ2n) is 5.96. The highest BCUT2D eigenvalue weighted by Crippen LogP contribution is 2.19. The maximum absolute atomic E-state index is 12.1. The Labute approximate surface area is 125 Å². The number of hydrogen-bond donors (Lipinski definition) is 2. The first-order valence-corrected chi connectivity index (χ1v) is 7.69. The van der Waals surface area contributed by atoms with Crippen LogP contribution in [0.4, 0.5) is 0 Å². The van der Waals surface area contributed by atoms with Crippen LogP contribution in [0, 0.1) is 5.92 Å². The van der Waals surface area contributed by atoms with Gasteiger partial charge in [-0.05, 0) is 18.8 Å². The van der Waals surface area contributed by atoms with Crippen LogP contribution >= 0.6 is 0 Å². The van der Waals surface area contributed by atoms with Crippen LogP contribution in [0.15, 0.2) is 0 Å². The lowest BCUT2D eigenvalue weighted by Crippen LogP contribution is -2.49. The van der Waals surface area contributed by atoms with Crippen LogP contribution in [0.5, 0.6) is 0 Å². The lowest BCUT2D eigenvalue weighted by atomic mass is 9.95. The zero-order valence-electron chi connectivity index (χ0n) is 12.5. The van der Waals surface area contributed by atoms with Gasteiger partial charge in [-0.15, -0.1) is 0 Å². The molecule has 0 aromatic heterocycles. The average molecular weight is 298 g/mol. The number of ether oxygens (including phenoxy) is 1. The molecule has 0 saturated carbocycles. The molecule has 7 nitrogen and oxygen atoms in total. The summed E-state index contributed by atoms with van der Waals surface area (Å²) in [6.07, 6.45) is 1.91. The summed E-state index contributed by atoms with van der Waals surface area (Å²) < 4.78 is 5.35. The number of primary amides is 1. The number of nitrogens with zero attached hydrogens (tertiary/aromatic N) is 2. The van der Waals surface area contributed by atoms with Crippen molar-refractivity contribution in [3.05, 3.63) is 0 Å². The van der Waals surface area contributed by atoms with E-state index in [1.54, 1.807) is 4.90 Å². The fraction of sp³-hybridized carbons (Fsp3) is 0.857. The Bertz CT molecular complexity index is 363. The summed E-state index contributed by atoms with van der Waals surface area (Å²) in [5.41, 5.74) is 10.8. The zero-order valence-corrected chi connectivity index (χ0v) is 12.5. The highest BCUT2D eigenvalue weighted by molar-refractivity contribution is 5.87. The van der Waals surface area contributed by atoms with Crippen molar-refractivity contribution >= 4 is 11.8 Å². The molecule has 0 aliphatic carbocycles. The van der Waals surface area contributed by atoms with Crippen LogP contribution in [-0.2, 0) is 14.3 Å². The average Bonchev–Trinajstić information content (AvgIpc) is 2.47. The molecule has 7 heteroatoms. The van der Waals surface area contributed by atoms with E-state index in [1.807, 2.05) is 0 Å². The van der Waals surface area contributed by atoms with Gasteiger partial charge in [0.25, 0.3) is 0 Å². The normalized spacial score (nSPS) is 23.0. The van der Waals surface area contributed by atoms with E-state index < -0.39 is 11.9 Å². The lowest BCUT2D eigenvalue weighted by molar-refractivity contribution is -0.136. The van der Waals surface area contributed by atoms with E-state index in [2.05, 4.69) is 4.90 Å². The van der Waals surface area contributed by atoms with Crippen molar-refractivity contribution in [2.45, 2.75) is 25.3 Å². The first-order chi connectivity index (χ1) is 10.1. The topological polar surface area (TPSA) is 102 Å². The Balaban J connectivity index is 1.72. The third-order valence-electron chi connectivity index (χ3n) is 4.28. The summed E-state index contributed by atoms with van der Waals surface area (Å²) in [7, 11) is 0. The van der Waals surface area contributed by atoms with Crippen LogP contribution in [0.25, 0.3) is 0 Å². The van der Waals surface area contributed by atoms with E-state index in [1.165, 1.54) is 0 Å². The minimum atomic E-state index is -0.793. The Morgan fingerprint density at radius 1 is 1.14 bits per heavy atom. The molecular formula is C14H26N4O3. The van der Waals surface area contributed by atoms with Crippen molar-refractivity contribution in [3.8, 4) is 0 Å². The van der Waals surface area contributed by atoms with Gasteiger partial charge in [0.2, 0.25) is 11.8 Å². The van der Waals surface area contributed by atoms with Gasteiger partial charge in [-0.1, -0.05) is 0 Å². The summed E-state index contributed by atoms with van der Waals surface area (Å²) in [5.74, 6) is -0.0591. The number of carbonyl (C=O) groups excluding carboxylic acids is 2. The minimum absolute atomic E-state index is 0.0768. The van der Waals surface area contributed by atoms with Gasteiger partial charge < -0.3 is 21.1 Å². The van der Waals surface area contributed by atoms with Gasteiger partial charge in [0, 0.05) is 32.7 Å². The molecular weight excluding hydrogens is 272 g/mol. The number of amides is 2. The van der Waals surface area contributed by atoms with Gasteiger partial charge in [-0.25, -0.2) is 0 Å². The summed E-state index contributed by atoms with van der Waals surface area (Å²) in [6.45, 7) is 6.17. The molecule has 2 amide bonds. The maximum Gasteiger partial charge on any atom is 0.240 e. The minimum Gasteiger partial charge on any atom is -0.379 e. The molecule has 2 saturated heterocycles. The number of piperidine rings is 1. The second-order valence-corrected chi connectivity index (χ2v) is 5.96. The molecule has 0 bridgehead atoms. The fourth-order valence-electron chi connectivity index (χ4n) is 3.02. The number of nitrogens with two attached hydrogens (primary N) is 2. The van der Waals surface area contributed by atoms with E-state index in [9.17, 15) is 9.59 Å². The van der Waals surface area contributed by atoms with Gasteiger partial charge in [0.15, 0.2) is 0 Å². The van der Waals surface area contributed by atoms with E-state index in [4.69, 9.17) is 16.2 Å². The molecule has 1 unspecified atom stereocenters. The number of rotatable bonds is 5.